The zero-order valence-electron chi connectivity index (χ0n) is 7.92. The molecule has 2 nitrogen and oxygen atoms in total. The van der Waals surface area contributed by atoms with Crippen LogP contribution in [-0.4, -0.2) is 5.54 Å². The number of hydrogen-bond donors (Lipinski definition) is 2. The van der Waals surface area contributed by atoms with Crippen LogP contribution in [0.15, 0.2) is 28.7 Å². The molecule has 0 radical (unpaired) electrons. The van der Waals surface area contributed by atoms with E-state index in [-0.39, 0.29) is 11.6 Å². The van der Waals surface area contributed by atoms with Crippen molar-refractivity contribution in [3.05, 3.63) is 34.3 Å². The summed E-state index contributed by atoms with van der Waals surface area (Å²) in [5.41, 5.74) is 12.6. The van der Waals surface area contributed by atoms with Gasteiger partial charge in [-0.1, -0.05) is 28.1 Å². The highest BCUT2D eigenvalue weighted by molar-refractivity contribution is 9.10. The lowest BCUT2D eigenvalue weighted by Gasteiger charge is -2.27. The predicted molar refractivity (Wildman–Crippen MR) is 59.3 cm³/mol. The van der Waals surface area contributed by atoms with Gasteiger partial charge in [-0.2, -0.15) is 0 Å². The Morgan fingerprint density at radius 2 is 1.69 bits per heavy atom. The number of halogens is 1. The number of nitrogens with two attached hydrogens (primary N) is 2. The molecular weight excluding hydrogens is 228 g/mol. The third-order valence-electron chi connectivity index (χ3n) is 2.03. The van der Waals surface area contributed by atoms with Crippen molar-refractivity contribution < 1.29 is 0 Å². The quantitative estimate of drug-likeness (QED) is 0.836. The van der Waals surface area contributed by atoms with Gasteiger partial charge in [-0.05, 0) is 31.5 Å². The molecule has 0 fully saturated rings. The maximum Gasteiger partial charge on any atom is 0.0472 e. The molecule has 0 aliphatic rings. The van der Waals surface area contributed by atoms with Crippen LogP contribution in [0.3, 0.4) is 0 Å². The molecule has 0 saturated heterocycles. The highest BCUT2D eigenvalue weighted by atomic mass is 79.9. The van der Waals surface area contributed by atoms with Crippen LogP contribution >= 0.6 is 15.9 Å². The van der Waals surface area contributed by atoms with E-state index < -0.39 is 0 Å². The van der Waals surface area contributed by atoms with Gasteiger partial charge in [0.05, 0.1) is 0 Å². The van der Waals surface area contributed by atoms with Crippen molar-refractivity contribution in [1.29, 1.82) is 0 Å². The summed E-state index contributed by atoms with van der Waals surface area (Å²) in [6.07, 6.45) is 0. The average Bonchev–Trinajstić information content (AvgIpc) is 2.03. The van der Waals surface area contributed by atoms with Crippen molar-refractivity contribution in [3.63, 3.8) is 0 Å². The Bertz CT molecular complexity index is 274. The molecule has 0 bridgehead atoms. The summed E-state index contributed by atoms with van der Waals surface area (Å²) < 4.78 is 1.05. The van der Waals surface area contributed by atoms with Gasteiger partial charge in [0, 0.05) is 16.1 Å². The van der Waals surface area contributed by atoms with Gasteiger partial charge in [0.25, 0.3) is 0 Å². The van der Waals surface area contributed by atoms with Crippen LogP contribution in [-0.2, 0) is 0 Å². The van der Waals surface area contributed by atoms with Crippen molar-refractivity contribution in [2.45, 2.75) is 25.4 Å². The molecule has 1 unspecified atom stereocenters. The Labute approximate surface area is 87.4 Å². The van der Waals surface area contributed by atoms with E-state index in [9.17, 15) is 0 Å². The topological polar surface area (TPSA) is 52.0 Å². The minimum Gasteiger partial charge on any atom is -0.324 e. The Kier molecular flexibility index (Phi) is 3.11. The summed E-state index contributed by atoms with van der Waals surface area (Å²) in [7, 11) is 0. The molecule has 3 heteroatoms. The third kappa shape index (κ3) is 2.79. The average molecular weight is 243 g/mol. The van der Waals surface area contributed by atoms with E-state index in [0.29, 0.717) is 0 Å². The minimum atomic E-state index is -0.381. The fourth-order valence-electron chi connectivity index (χ4n) is 1.10. The van der Waals surface area contributed by atoms with Crippen LogP contribution in [0.25, 0.3) is 0 Å². The fourth-order valence-corrected chi connectivity index (χ4v) is 1.36. The molecule has 0 aromatic heterocycles. The monoisotopic (exact) mass is 242 g/mol. The van der Waals surface area contributed by atoms with Gasteiger partial charge in [0.15, 0.2) is 0 Å². The van der Waals surface area contributed by atoms with E-state index in [1.807, 2.05) is 38.1 Å². The summed E-state index contributed by atoms with van der Waals surface area (Å²) in [5.74, 6) is 0. The van der Waals surface area contributed by atoms with Crippen molar-refractivity contribution >= 4 is 15.9 Å². The van der Waals surface area contributed by atoms with Crippen LogP contribution < -0.4 is 11.5 Å². The van der Waals surface area contributed by atoms with Crippen LogP contribution in [0.4, 0.5) is 0 Å². The molecular formula is C10H15BrN2. The summed E-state index contributed by atoms with van der Waals surface area (Å²) in [6.45, 7) is 3.86. The number of hydrogen-bond acceptors (Lipinski definition) is 2. The second-order valence-electron chi connectivity index (χ2n) is 3.85. The Morgan fingerprint density at radius 1 is 1.23 bits per heavy atom. The Morgan fingerprint density at radius 3 is 2.08 bits per heavy atom. The molecule has 0 saturated carbocycles. The maximum absolute atomic E-state index is 5.98. The molecule has 0 amide bonds. The van der Waals surface area contributed by atoms with Gasteiger partial charge >= 0.3 is 0 Å². The van der Waals surface area contributed by atoms with Gasteiger partial charge in [-0.3, -0.25) is 0 Å². The molecule has 72 valence electrons. The zero-order chi connectivity index (χ0) is 10.1. The molecule has 0 heterocycles. The summed E-state index contributed by atoms with van der Waals surface area (Å²) in [6, 6.07) is 7.80. The third-order valence-corrected chi connectivity index (χ3v) is 2.56. The standard InChI is InChI=1S/C10H15BrN2/c1-10(2,13)9(12)7-3-5-8(11)6-4-7/h3-6,9H,12-13H2,1-2H3. The first-order valence-electron chi connectivity index (χ1n) is 4.21. The molecule has 1 rings (SSSR count). The van der Waals surface area contributed by atoms with Crippen LogP contribution in [0.1, 0.15) is 25.5 Å². The number of rotatable bonds is 2. The minimum absolute atomic E-state index is 0.124. The van der Waals surface area contributed by atoms with Crippen molar-refractivity contribution in [3.8, 4) is 0 Å². The largest absolute Gasteiger partial charge is 0.324 e. The predicted octanol–water partition coefficient (Wildman–Crippen LogP) is 2.19. The van der Waals surface area contributed by atoms with E-state index in [1.165, 1.54) is 0 Å². The van der Waals surface area contributed by atoms with Gasteiger partial charge in [0.1, 0.15) is 0 Å². The van der Waals surface area contributed by atoms with Crippen molar-refractivity contribution in [2.24, 2.45) is 11.5 Å². The van der Waals surface area contributed by atoms with E-state index in [1.54, 1.807) is 0 Å². The number of benzene rings is 1. The highest BCUT2D eigenvalue weighted by Crippen LogP contribution is 2.22. The van der Waals surface area contributed by atoms with Crippen molar-refractivity contribution in [2.75, 3.05) is 0 Å². The molecule has 0 aliphatic carbocycles. The van der Waals surface area contributed by atoms with Crippen LogP contribution in [0, 0.1) is 0 Å². The van der Waals surface area contributed by atoms with Gasteiger partial charge < -0.3 is 11.5 Å². The molecule has 0 aliphatic heterocycles. The summed E-state index contributed by atoms with van der Waals surface area (Å²) >= 11 is 3.37. The van der Waals surface area contributed by atoms with Crippen LogP contribution in [0.2, 0.25) is 0 Å². The summed E-state index contributed by atoms with van der Waals surface area (Å²) in [5, 5.41) is 0. The molecule has 1 aromatic rings. The molecule has 1 atom stereocenters. The van der Waals surface area contributed by atoms with E-state index in [0.717, 1.165) is 10.0 Å². The Balaban J connectivity index is 2.90. The molecule has 0 spiro atoms. The molecule has 1 aromatic carbocycles. The smallest absolute Gasteiger partial charge is 0.0472 e. The fraction of sp³-hybridized carbons (Fsp3) is 0.400. The first-order chi connectivity index (χ1) is 5.91. The second kappa shape index (κ2) is 3.78. The zero-order valence-corrected chi connectivity index (χ0v) is 9.51. The molecule has 13 heavy (non-hydrogen) atoms. The summed E-state index contributed by atoms with van der Waals surface area (Å²) in [4.78, 5) is 0. The first kappa shape index (κ1) is 10.7. The van der Waals surface area contributed by atoms with Crippen LogP contribution in [0.5, 0.6) is 0 Å². The highest BCUT2D eigenvalue weighted by Gasteiger charge is 2.22. The second-order valence-corrected chi connectivity index (χ2v) is 4.77. The lowest BCUT2D eigenvalue weighted by molar-refractivity contribution is 0.420. The maximum atomic E-state index is 5.98. The van der Waals surface area contributed by atoms with E-state index >= 15 is 0 Å². The normalized spacial score (nSPS) is 14.2. The first-order valence-corrected chi connectivity index (χ1v) is 5.00. The Hall–Kier alpha value is -0.380. The lowest BCUT2D eigenvalue weighted by Crippen LogP contribution is -2.43. The van der Waals surface area contributed by atoms with Gasteiger partial charge in [0.2, 0.25) is 0 Å². The van der Waals surface area contributed by atoms with Gasteiger partial charge in [-0.15, -0.1) is 0 Å². The lowest BCUT2D eigenvalue weighted by atomic mass is 9.91. The van der Waals surface area contributed by atoms with E-state index in [2.05, 4.69) is 15.9 Å². The molecule has 4 N–H and O–H groups in total. The van der Waals surface area contributed by atoms with E-state index in [4.69, 9.17) is 11.5 Å². The van der Waals surface area contributed by atoms with Gasteiger partial charge in [-0.25, -0.2) is 0 Å². The SMILES string of the molecule is CC(C)(N)C(N)c1ccc(Br)cc1. The van der Waals surface area contributed by atoms with Crippen molar-refractivity contribution in [1.82, 2.24) is 0 Å².